The zero-order valence-electron chi connectivity index (χ0n) is 12.0. The largest absolute Gasteiger partial charge is 0.356 e. The molecule has 106 valence electrons. The quantitative estimate of drug-likeness (QED) is 0.725. The second-order valence-electron chi connectivity index (χ2n) is 5.27. The minimum absolute atomic E-state index is 0.152. The van der Waals surface area contributed by atoms with Crippen LogP contribution in [0.2, 0.25) is 0 Å². The molecule has 0 aliphatic heterocycles. The molecule has 0 aromatic rings. The Morgan fingerprint density at radius 2 is 1.94 bits per heavy atom. The zero-order valence-corrected chi connectivity index (χ0v) is 12.0. The minimum atomic E-state index is 0.152. The van der Waals surface area contributed by atoms with E-state index in [1.807, 2.05) is 6.92 Å². The molecule has 1 aliphatic rings. The van der Waals surface area contributed by atoms with E-state index in [1.165, 1.54) is 32.1 Å². The summed E-state index contributed by atoms with van der Waals surface area (Å²) in [4.78, 5) is 14.0. The summed E-state index contributed by atoms with van der Waals surface area (Å²) in [5.41, 5.74) is 6.19. The molecule has 0 atom stereocenters. The van der Waals surface area contributed by atoms with Crippen molar-refractivity contribution >= 4 is 5.91 Å². The number of rotatable bonds is 7. The number of likely N-dealkylation sites (N-methyl/N-ethyl adjacent to an activating group) is 1. The molecule has 0 saturated heterocycles. The molecular formula is C14H29N3O. The Balaban J connectivity index is 2.54. The molecule has 1 fully saturated rings. The number of nitrogens with one attached hydrogen (secondary N) is 1. The van der Waals surface area contributed by atoms with Gasteiger partial charge in [-0.25, -0.2) is 0 Å². The predicted molar refractivity (Wildman–Crippen MR) is 75.4 cm³/mol. The third-order valence-electron chi connectivity index (χ3n) is 4.20. The van der Waals surface area contributed by atoms with Gasteiger partial charge in [0, 0.05) is 31.6 Å². The maximum absolute atomic E-state index is 11.6. The van der Waals surface area contributed by atoms with Gasteiger partial charge in [0.25, 0.3) is 0 Å². The highest BCUT2D eigenvalue weighted by molar-refractivity contribution is 5.75. The molecule has 18 heavy (non-hydrogen) atoms. The maximum Gasteiger partial charge on any atom is 0.221 e. The Labute approximate surface area is 111 Å². The van der Waals surface area contributed by atoms with E-state index in [0.717, 1.165) is 19.6 Å². The molecule has 1 amide bonds. The molecule has 4 nitrogen and oxygen atoms in total. The first kappa shape index (κ1) is 15.4. The van der Waals surface area contributed by atoms with Crippen LogP contribution in [-0.4, -0.2) is 42.5 Å². The van der Waals surface area contributed by atoms with E-state index in [2.05, 4.69) is 17.1 Å². The van der Waals surface area contributed by atoms with E-state index in [4.69, 9.17) is 5.73 Å². The molecule has 3 N–H and O–H groups in total. The smallest absolute Gasteiger partial charge is 0.221 e. The topological polar surface area (TPSA) is 58.4 Å². The van der Waals surface area contributed by atoms with Crippen LogP contribution in [0.3, 0.4) is 0 Å². The molecule has 1 aliphatic carbocycles. The molecule has 1 rings (SSSR count). The molecule has 1 saturated carbocycles. The van der Waals surface area contributed by atoms with Crippen LogP contribution in [-0.2, 0) is 4.79 Å². The van der Waals surface area contributed by atoms with Crippen molar-refractivity contribution < 1.29 is 4.79 Å². The van der Waals surface area contributed by atoms with Gasteiger partial charge >= 0.3 is 0 Å². The van der Waals surface area contributed by atoms with E-state index < -0.39 is 0 Å². The van der Waals surface area contributed by atoms with Crippen molar-refractivity contribution in [3.05, 3.63) is 0 Å². The van der Waals surface area contributed by atoms with Gasteiger partial charge in [-0.3, -0.25) is 9.69 Å². The van der Waals surface area contributed by atoms with Gasteiger partial charge in [0.05, 0.1) is 0 Å². The molecule has 0 aromatic carbocycles. The lowest BCUT2D eigenvalue weighted by Gasteiger charge is -2.45. The number of nitrogens with two attached hydrogens (primary N) is 1. The third kappa shape index (κ3) is 3.95. The van der Waals surface area contributed by atoms with Crippen LogP contribution in [0.15, 0.2) is 0 Å². The molecule has 0 spiro atoms. The van der Waals surface area contributed by atoms with Crippen LogP contribution >= 0.6 is 0 Å². The van der Waals surface area contributed by atoms with E-state index in [9.17, 15) is 4.79 Å². The average Bonchev–Trinajstić information content (AvgIpc) is 2.40. The minimum Gasteiger partial charge on any atom is -0.356 e. The number of carbonyl (C=O) groups is 1. The normalized spacial score (nSPS) is 18.9. The summed E-state index contributed by atoms with van der Waals surface area (Å²) in [5, 5.41) is 2.86. The summed E-state index contributed by atoms with van der Waals surface area (Å²) in [6.07, 6.45) is 6.84. The maximum atomic E-state index is 11.6. The van der Waals surface area contributed by atoms with Gasteiger partial charge in [-0.2, -0.15) is 0 Å². The van der Waals surface area contributed by atoms with E-state index in [0.29, 0.717) is 13.0 Å². The van der Waals surface area contributed by atoms with Crippen molar-refractivity contribution in [2.45, 2.75) is 57.9 Å². The monoisotopic (exact) mass is 255 g/mol. The molecule has 0 heterocycles. The highest BCUT2D eigenvalue weighted by atomic mass is 16.1. The second-order valence-corrected chi connectivity index (χ2v) is 5.27. The van der Waals surface area contributed by atoms with Gasteiger partial charge in [0.1, 0.15) is 0 Å². The highest BCUT2D eigenvalue weighted by Gasteiger charge is 2.35. The first-order valence-corrected chi connectivity index (χ1v) is 7.40. The van der Waals surface area contributed by atoms with Crippen LogP contribution in [0.5, 0.6) is 0 Å². The fourth-order valence-corrected chi connectivity index (χ4v) is 3.11. The van der Waals surface area contributed by atoms with Gasteiger partial charge < -0.3 is 11.1 Å². The summed E-state index contributed by atoms with van der Waals surface area (Å²) in [7, 11) is 0. The Bertz CT molecular complexity index is 249. The number of hydrogen-bond acceptors (Lipinski definition) is 3. The first-order valence-electron chi connectivity index (χ1n) is 7.40. The fraction of sp³-hybridized carbons (Fsp3) is 0.929. The van der Waals surface area contributed by atoms with Crippen LogP contribution in [0.25, 0.3) is 0 Å². The van der Waals surface area contributed by atoms with Gasteiger partial charge in [0.2, 0.25) is 5.91 Å². The Morgan fingerprint density at radius 1 is 1.28 bits per heavy atom. The van der Waals surface area contributed by atoms with Crippen LogP contribution in [0.4, 0.5) is 0 Å². The van der Waals surface area contributed by atoms with Crippen LogP contribution < -0.4 is 11.1 Å². The average molecular weight is 255 g/mol. The number of carbonyl (C=O) groups excluding carboxylic acids is 1. The zero-order chi connectivity index (χ0) is 13.4. The van der Waals surface area contributed by atoms with Crippen molar-refractivity contribution in [2.75, 3.05) is 26.2 Å². The third-order valence-corrected chi connectivity index (χ3v) is 4.20. The van der Waals surface area contributed by atoms with E-state index in [-0.39, 0.29) is 11.4 Å². The van der Waals surface area contributed by atoms with Gasteiger partial charge in [-0.15, -0.1) is 0 Å². The lowest BCUT2D eigenvalue weighted by Crippen LogP contribution is -2.55. The number of amides is 1. The molecular weight excluding hydrogens is 226 g/mol. The lowest BCUT2D eigenvalue weighted by molar-refractivity contribution is -0.121. The van der Waals surface area contributed by atoms with Gasteiger partial charge in [-0.05, 0) is 26.3 Å². The SMILES string of the molecule is CCNC(=O)CCN(CC)C1(CN)CCCCC1. The second kappa shape index (κ2) is 7.74. The van der Waals surface area contributed by atoms with E-state index in [1.54, 1.807) is 0 Å². The predicted octanol–water partition coefficient (Wildman–Crippen LogP) is 1.50. The number of hydrogen-bond donors (Lipinski definition) is 2. The van der Waals surface area contributed by atoms with Gasteiger partial charge in [-0.1, -0.05) is 26.2 Å². The molecule has 0 bridgehead atoms. The lowest BCUT2D eigenvalue weighted by atomic mass is 9.80. The summed E-state index contributed by atoms with van der Waals surface area (Å²) in [5.74, 6) is 0.152. The summed E-state index contributed by atoms with van der Waals surface area (Å²) < 4.78 is 0. The van der Waals surface area contributed by atoms with E-state index >= 15 is 0 Å². The summed E-state index contributed by atoms with van der Waals surface area (Å²) in [6, 6.07) is 0. The van der Waals surface area contributed by atoms with Gasteiger partial charge in [0.15, 0.2) is 0 Å². The summed E-state index contributed by atoms with van der Waals surface area (Å²) in [6.45, 7) is 7.38. The van der Waals surface area contributed by atoms with Crippen LogP contribution in [0, 0.1) is 0 Å². The molecule has 0 unspecified atom stereocenters. The molecule has 0 radical (unpaired) electrons. The molecule has 0 aromatic heterocycles. The number of nitrogens with zero attached hydrogens (tertiary/aromatic N) is 1. The fourth-order valence-electron chi connectivity index (χ4n) is 3.11. The highest BCUT2D eigenvalue weighted by Crippen LogP contribution is 2.32. The molecule has 4 heteroatoms. The summed E-state index contributed by atoms with van der Waals surface area (Å²) >= 11 is 0. The van der Waals surface area contributed by atoms with Crippen molar-refractivity contribution in [1.82, 2.24) is 10.2 Å². The van der Waals surface area contributed by atoms with Crippen molar-refractivity contribution in [3.8, 4) is 0 Å². The van der Waals surface area contributed by atoms with Crippen molar-refractivity contribution in [3.63, 3.8) is 0 Å². The van der Waals surface area contributed by atoms with Crippen molar-refractivity contribution in [2.24, 2.45) is 5.73 Å². The Hall–Kier alpha value is -0.610. The Kier molecular flexibility index (Phi) is 6.65. The first-order chi connectivity index (χ1) is 8.68. The Morgan fingerprint density at radius 3 is 2.44 bits per heavy atom. The van der Waals surface area contributed by atoms with Crippen molar-refractivity contribution in [1.29, 1.82) is 0 Å². The standard InChI is InChI=1S/C14H29N3O/c1-3-16-13(18)8-11-17(4-2)14(12-15)9-6-5-7-10-14/h3-12,15H2,1-2H3,(H,16,18). The van der Waals surface area contributed by atoms with Crippen LogP contribution in [0.1, 0.15) is 52.4 Å².